The van der Waals surface area contributed by atoms with Crippen molar-refractivity contribution in [2.24, 2.45) is 11.8 Å². The first kappa shape index (κ1) is 33.5. The lowest BCUT2D eigenvalue weighted by Gasteiger charge is -2.51. The number of hydrogen-bond donors (Lipinski definition) is 2. The van der Waals surface area contributed by atoms with Crippen LogP contribution in [0.4, 0.5) is 0 Å². The van der Waals surface area contributed by atoms with E-state index in [4.69, 9.17) is 23.7 Å². The second kappa shape index (κ2) is 15.4. The van der Waals surface area contributed by atoms with Gasteiger partial charge in [-0.2, -0.15) is 0 Å². The van der Waals surface area contributed by atoms with Crippen LogP contribution in [0.1, 0.15) is 49.8 Å². The predicted octanol–water partition coefficient (Wildman–Crippen LogP) is 5.31. The zero-order chi connectivity index (χ0) is 28.6. The molecule has 0 fully saturated rings. The number of nitrogens with one attached hydrogen (secondary N) is 1. The zero-order valence-electron chi connectivity index (χ0n) is 24.9. The summed E-state index contributed by atoms with van der Waals surface area (Å²) in [5.41, 5.74) is 2.58. The molecule has 0 aromatic heterocycles. The van der Waals surface area contributed by atoms with Crippen molar-refractivity contribution >= 4 is 18.4 Å². The molecule has 1 aliphatic rings. The number of rotatable bonds is 15. The Morgan fingerprint density at radius 3 is 2.15 bits per heavy atom. The van der Waals surface area contributed by atoms with E-state index in [0.29, 0.717) is 11.5 Å². The fraction of sp³-hybridized carbons (Fsp3) is 0.581. The minimum Gasteiger partial charge on any atom is -0.493 e. The van der Waals surface area contributed by atoms with Crippen LogP contribution >= 0.6 is 12.4 Å². The maximum absolute atomic E-state index is 12.6. The first-order chi connectivity index (χ1) is 18.8. The van der Waals surface area contributed by atoms with Gasteiger partial charge in [0.25, 0.3) is 0 Å². The van der Waals surface area contributed by atoms with Crippen molar-refractivity contribution in [1.82, 2.24) is 5.32 Å². The first-order valence-electron chi connectivity index (χ1n) is 13.7. The molecule has 0 radical (unpaired) electrons. The lowest BCUT2D eigenvalue weighted by Crippen LogP contribution is -2.56. The van der Waals surface area contributed by atoms with Crippen LogP contribution in [0.2, 0.25) is 0 Å². The Morgan fingerprint density at radius 2 is 1.57 bits per heavy atom. The van der Waals surface area contributed by atoms with Crippen molar-refractivity contribution in [2.75, 3.05) is 48.6 Å². The van der Waals surface area contributed by atoms with Gasteiger partial charge in [0, 0.05) is 12.5 Å². The Hall–Kier alpha value is -2.68. The van der Waals surface area contributed by atoms with E-state index < -0.39 is 17.5 Å². The molecular weight excluding hydrogens is 534 g/mol. The molecule has 2 N–H and O–H groups in total. The van der Waals surface area contributed by atoms with Gasteiger partial charge in [-0.15, -0.1) is 12.4 Å². The zero-order valence-corrected chi connectivity index (χ0v) is 25.7. The van der Waals surface area contributed by atoms with Gasteiger partial charge in [0.2, 0.25) is 0 Å². The molecule has 0 spiro atoms. The van der Waals surface area contributed by atoms with Gasteiger partial charge in [-0.1, -0.05) is 19.9 Å². The Morgan fingerprint density at radius 1 is 0.950 bits per heavy atom. The average molecular weight is 580 g/mol. The number of aryl methyl sites for hydroxylation is 2. The fourth-order valence-electron chi connectivity index (χ4n) is 6.50. The summed E-state index contributed by atoms with van der Waals surface area (Å²) in [6.45, 7) is 5.86. The van der Waals surface area contributed by atoms with Crippen molar-refractivity contribution < 1.29 is 33.6 Å². The molecule has 0 saturated carbocycles. The van der Waals surface area contributed by atoms with E-state index in [1.807, 2.05) is 24.3 Å². The molecule has 0 heterocycles. The number of halogens is 1. The third-order valence-corrected chi connectivity index (χ3v) is 8.30. The van der Waals surface area contributed by atoms with E-state index in [-0.39, 0.29) is 24.2 Å². The topological polar surface area (TPSA) is 95.5 Å². The van der Waals surface area contributed by atoms with Gasteiger partial charge in [-0.3, -0.25) is 0 Å². The second-order valence-electron chi connectivity index (χ2n) is 10.5. The highest BCUT2D eigenvalue weighted by Crippen LogP contribution is 2.53. The molecule has 2 aromatic rings. The highest BCUT2D eigenvalue weighted by molar-refractivity contribution is 5.85. The molecule has 0 bridgehead atoms. The van der Waals surface area contributed by atoms with Gasteiger partial charge in [0.1, 0.15) is 0 Å². The number of carboxylic acid groups (broad SMARTS) is 1. The molecule has 1 aliphatic carbocycles. The maximum Gasteiger partial charge on any atom is 0.333 e. The third-order valence-electron chi connectivity index (χ3n) is 8.30. The summed E-state index contributed by atoms with van der Waals surface area (Å²) in [5.74, 6) is 1.93. The van der Waals surface area contributed by atoms with Crippen molar-refractivity contribution in [3.05, 3.63) is 47.0 Å². The van der Waals surface area contributed by atoms with Gasteiger partial charge in [0.15, 0.2) is 29.1 Å². The largest absolute Gasteiger partial charge is 0.493 e. The predicted molar refractivity (Wildman–Crippen MR) is 159 cm³/mol. The average Bonchev–Trinajstić information content (AvgIpc) is 2.94. The number of methoxy groups -OCH3 is 5. The molecule has 3 unspecified atom stereocenters. The van der Waals surface area contributed by atoms with Crippen LogP contribution in [0.5, 0.6) is 23.0 Å². The number of carboxylic acids is 1. The summed E-state index contributed by atoms with van der Waals surface area (Å²) in [6.07, 6.45) is 3.49. The van der Waals surface area contributed by atoms with Crippen LogP contribution in [-0.4, -0.2) is 65.8 Å². The van der Waals surface area contributed by atoms with E-state index in [2.05, 4.69) is 25.2 Å². The maximum atomic E-state index is 12.6. The third kappa shape index (κ3) is 6.78. The number of fused-ring (bicyclic) bond motifs is 1. The van der Waals surface area contributed by atoms with E-state index in [0.717, 1.165) is 67.8 Å². The summed E-state index contributed by atoms with van der Waals surface area (Å²) in [6, 6.07) is 10.0. The Balaban J connectivity index is 0.00000560. The standard InChI is InChI=1S/C31H45NO7.ClH/c1-20(2)31(29(39-7)30(33)34)23(12-11-22-18-27(37-5)28(38-6)19-24(22)31)14-16-32-15-8-9-21-10-13-25(35-3)26(17-21)36-4;/h10,13,17-20,23,29,32H,8-9,11-12,14-16H2,1-7H3,(H,33,34);1H. The second-order valence-corrected chi connectivity index (χ2v) is 10.5. The highest BCUT2D eigenvalue weighted by atomic mass is 35.5. The van der Waals surface area contributed by atoms with Crippen LogP contribution in [0.3, 0.4) is 0 Å². The Labute approximate surface area is 245 Å². The van der Waals surface area contributed by atoms with Crippen molar-refractivity contribution in [2.45, 2.75) is 57.5 Å². The van der Waals surface area contributed by atoms with Gasteiger partial charge >= 0.3 is 5.97 Å². The molecule has 2 aromatic carbocycles. The molecule has 0 saturated heterocycles. The number of aliphatic carboxylic acids is 1. The number of ether oxygens (including phenoxy) is 5. The van der Waals surface area contributed by atoms with Crippen LogP contribution in [0.15, 0.2) is 30.3 Å². The molecule has 40 heavy (non-hydrogen) atoms. The van der Waals surface area contributed by atoms with Gasteiger partial charge in [-0.05, 0) is 98.0 Å². The van der Waals surface area contributed by atoms with Crippen molar-refractivity contribution in [1.29, 1.82) is 0 Å². The lowest BCUT2D eigenvalue weighted by molar-refractivity contribution is -0.158. The Bertz CT molecular complexity index is 1110. The minimum absolute atomic E-state index is 0. The van der Waals surface area contributed by atoms with Gasteiger partial charge in [0.05, 0.1) is 28.4 Å². The molecule has 3 atom stereocenters. The summed E-state index contributed by atoms with van der Waals surface area (Å²) in [5, 5.41) is 13.9. The van der Waals surface area contributed by atoms with E-state index in [1.54, 1.807) is 28.4 Å². The molecular formula is C31H46ClNO7. The number of hydrogen-bond acceptors (Lipinski definition) is 7. The van der Waals surface area contributed by atoms with E-state index >= 15 is 0 Å². The van der Waals surface area contributed by atoms with E-state index in [9.17, 15) is 9.90 Å². The molecule has 9 heteroatoms. The fourth-order valence-corrected chi connectivity index (χ4v) is 6.50. The van der Waals surface area contributed by atoms with Crippen molar-refractivity contribution in [3.8, 4) is 23.0 Å². The summed E-state index contributed by atoms with van der Waals surface area (Å²) in [7, 11) is 8.02. The molecule has 0 amide bonds. The molecule has 0 aliphatic heterocycles. The van der Waals surface area contributed by atoms with Crippen molar-refractivity contribution in [3.63, 3.8) is 0 Å². The van der Waals surface area contributed by atoms with Gasteiger partial charge < -0.3 is 34.1 Å². The highest BCUT2D eigenvalue weighted by Gasteiger charge is 2.55. The summed E-state index contributed by atoms with van der Waals surface area (Å²) < 4.78 is 27.7. The monoisotopic (exact) mass is 579 g/mol. The van der Waals surface area contributed by atoms with Crippen LogP contribution in [0.25, 0.3) is 0 Å². The number of benzene rings is 2. The number of carbonyl (C=O) groups is 1. The van der Waals surface area contributed by atoms with E-state index in [1.165, 1.54) is 12.7 Å². The normalized spacial score (nSPS) is 18.9. The van der Waals surface area contributed by atoms with Crippen LogP contribution < -0.4 is 24.3 Å². The SMILES string of the molecule is COc1ccc(CCCNCCC2CCc3cc(OC)c(OC)cc3C2(C(C)C)C(OC)C(=O)O)cc1OC.Cl. The lowest BCUT2D eigenvalue weighted by atomic mass is 9.54. The van der Waals surface area contributed by atoms with Gasteiger partial charge in [-0.25, -0.2) is 4.79 Å². The summed E-state index contributed by atoms with van der Waals surface area (Å²) in [4.78, 5) is 12.6. The smallest absolute Gasteiger partial charge is 0.333 e. The first-order valence-corrected chi connectivity index (χ1v) is 13.7. The molecule has 3 rings (SSSR count). The Kier molecular flexibility index (Phi) is 12.9. The molecule has 8 nitrogen and oxygen atoms in total. The van der Waals surface area contributed by atoms with Crippen LogP contribution in [0, 0.1) is 11.8 Å². The minimum atomic E-state index is -0.982. The quantitative estimate of drug-likeness (QED) is 0.274. The summed E-state index contributed by atoms with van der Waals surface area (Å²) >= 11 is 0. The van der Waals surface area contributed by atoms with Crippen LogP contribution in [-0.2, 0) is 27.8 Å². The molecule has 224 valence electrons.